The molecule has 4 rings (SSSR count). The van der Waals surface area contributed by atoms with Gasteiger partial charge in [-0.15, -0.1) is 24.0 Å². The Balaban J connectivity index is 0.00000272. The highest BCUT2D eigenvalue weighted by Gasteiger charge is 2.18. The van der Waals surface area contributed by atoms with Gasteiger partial charge in [-0.2, -0.15) is 5.10 Å². The third-order valence-corrected chi connectivity index (χ3v) is 5.83. The maximum atomic E-state index is 4.52. The Morgan fingerprint density at radius 1 is 1.10 bits per heavy atom. The van der Waals surface area contributed by atoms with Gasteiger partial charge in [0.1, 0.15) is 12.7 Å². The molecular formula is C24H31IN6. The van der Waals surface area contributed by atoms with Gasteiger partial charge in [-0.25, -0.2) is 9.67 Å². The lowest BCUT2D eigenvalue weighted by Gasteiger charge is -2.33. The molecule has 0 unspecified atom stereocenters. The molecule has 164 valence electrons. The zero-order valence-corrected chi connectivity index (χ0v) is 20.6. The molecular weight excluding hydrogens is 499 g/mol. The molecule has 0 atom stereocenters. The van der Waals surface area contributed by atoms with Crippen LogP contribution in [-0.2, 0) is 13.1 Å². The van der Waals surface area contributed by atoms with Crippen molar-refractivity contribution in [1.82, 2.24) is 25.0 Å². The largest absolute Gasteiger partial charge is 0.352 e. The third-order valence-electron chi connectivity index (χ3n) is 5.83. The van der Waals surface area contributed by atoms with Gasteiger partial charge in [0.05, 0.1) is 6.54 Å². The number of likely N-dealkylation sites (tertiary alicyclic amines) is 1. The second kappa shape index (κ2) is 11.3. The van der Waals surface area contributed by atoms with Crippen molar-refractivity contribution < 1.29 is 0 Å². The van der Waals surface area contributed by atoms with Crippen molar-refractivity contribution in [1.29, 1.82) is 0 Å². The van der Waals surface area contributed by atoms with E-state index in [0.717, 1.165) is 38.1 Å². The van der Waals surface area contributed by atoms with E-state index in [9.17, 15) is 0 Å². The molecule has 1 N–H and O–H groups in total. The summed E-state index contributed by atoms with van der Waals surface area (Å²) in [4.78, 5) is 10.9. The van der Waals surface area contributed by atoms with Crippen LogP contribution >= 0.6 is 24.0 Å². The first kappa shape index (κ1) is 23.2. The van der Waals surface area contributed by atoms with E-state index in [2.05, 4.69) is 80.7 Å². The lowest BCUT2D eigenvalue weighted by Crippen LogP contribution is -2.45. The lowest BCUT2D eigenvalue weighted by molar-refractivity contribution is 0.273. The summed E-state index contributed by atoms with van der Waals surface area (Å²) in [5.74, 6) is 1.81. The number of hydrogen-bond donors (Lipinski definition) is 1. The number of aromatic nitrogens is 3. The van der Waals surface area contributed by atoms with Crippen molar-refractivity contribution in [3.63, 3.8) is 0 Å². The minimum Gasteiger partial charge on any atom is -0.352 e. The van der Waals surface area contributed by atoms with Gasteiger partial charge in [-0.3, -0.25) is 4.99 Å². The molecule has 1 saturated heterocycles. The minimum atomic E-state index is 0. The predicted octanol–water partition coefficient (Wildman–Crippen LogP) is 4.42. The van der Waals surface area contributed by atoms with Crippen LogP contribution in [0.4, 0.5) is 0 Å². The zero-order chi connectivity index (χ0) is 20.8. The average molecular weight is 530 g/mol. The standard InChI is InChI=1S/C24H30N6.HI/c1-19-11-13-29(14-12-19)24(25-2)27-15-22-5-3-4-6-23(22)21-9-7-20(8-10-21)16-30-18-26-17-28-30;/h3-10,17-19H,11-16H2,1-2H3,(H,25,27);1H. The summed E-state index contributed by atoms with van der Waals surface area (Å²) in [6.07, 6.45) is 5.77. The molecule has 0 amide bonds. The molecule has 1 aliphatic rings. The molecule has 0 radical (unpaired) electrons. The molecule has 1 fully saturated rings. The number of halogens is 1. The van der Waals surface area contributed by atoms with E-state index >= 15 is 0 Å². The van der Waals surface area contributed by atoms with E-state index in [1.54, 1.807) is 12.7 Å². The highest BCUT2D eigenvalue weighted by molar-refractivity contribution is 14.0. The zero-order valence-electron chi connectivity index (χ0n) is 18.2. The molecule has 2 heterocycles. The molecule has 3 aromatic rings. The van der Waals surface area contributed by atoms with Crippen LogP contribution in [0.25, 0.3) is 11.1 Å². The van der Waals surface area contributed by atoms with E-state index in [1.807, 2.05) is 11.7 Å². The van der Waals surface area contributed by atoms with Crippen LogP contribution in [-0.4, -0.2) is 45.8 Å². The number of guanidine groups is 1. The number of hydrogen-bond acceptors (Lipinski definition) is 3. The van der Waals surface area contributed by atoms with Gasteiger partial charge in [-0.1, -0.05) is 55.5 Å². The second-order valence-electron chi connectivity index (χ2n) is 8.02. The number of piperidine rings is 1. The van der Waals surface area contributed by atoms with Crippen LogP contribution < -0.4 is 5.32 Å². The third kappa shape index (κ3) is 6.06. The fourth-order valence-electron chi connectivity index (χ4n) is 3.97. The van der Waals surface area contributed by atoms with E-state index < -0.39 is 0 Å². The minimum absolute atomic E-state index is 0. The first-order chi connectivity index (χ1) is 14.7. The molecule has 1 aliphatic heterocycles. The Bertz CT molecular complexity index is 960. The van der Waals surface area contributed by atoms with Gasteiger partial charge in [0.25, 0.3) is 0 Å². The van der Waals surface area contributed by atoms with Gasteiger partial charge in [0.2, 0.25) is 0 Å². The number of nitrogens with one attached hydrogen (secondary N) is 1. The SMILES string of the molecule is CN=C(NCc1ccccc1-c1ccc(Cn2cncn2)cc1)N1CCC(C)CC1.I. The number of benzene rings is 2. The maximum absolute atomic E-state index is 4.52. The summed E-state index contributed by atoms with van der Waals surface area (Å²) in [6.45, 7) is 5.98. The van der Waals surface area contributed by atoms with Crippen LogP contribution in [0.3, 0.4) is 0 Å². The maximum Gasteiger partial charge on any atom is 0.193 e. The number of rotatable bonds is 5. The highest BCUT2D eigenvalue weighted by Crippen LogP contribution is 2.24. The van der Waals surface area contributed by atoms with Crippen LogP contribution in [0, 0.1) is 5.92 Å². The van der Waals surface area contributed by atoms with Gasteiger partial charge >= 0.3 is 0 Å². The monoisotopic (exact) mass is 530 g/mol. The van der Waals surface area contributed by atoms with Crippen LogP contribution in [0.2, 0.25) is 0 Å². The van der Waals surface area contributed by atoms with E-state index in [1.165, 1.54) is 35.1 Å². The fraction of sp³-hybridized carbons (Fsp3) is 0.375. The molecule has 0 spiro atoms. The van der Waals surface area contributed by atoms with Crippen molar-refractivity contribution in [3.05, 3.63) is 72.3 Å². The average Bonchev–Trinajstić information content (AvgIpc) is 3.29. The van der Waals surface area contributed by atoms with Crippen molar-refractivity contribution in [3.8, 4) is 11.1 Å². The lowest BCUT2D eigenvalue weighted by atomic mass is 9.98. The smallest absolute Gasteiger partial charge is 0.193 e. The Hall–Kier alpha value is -2.42. The number of aliphatic imine (C=N–C) groups is 1. The first-order valence-electron chi connectivity index (χ1n) is 10.7. The van der Waals surface area contributed by atoms with Gasteiger partial charge in [0, 0.05) is 26.7 Å². The van der Waals surface area contributed by atoms with E-state index in [-0.39, 0.29) is 24.0 Å². The van der Waals surface area contributed by atoms with Crippen molar-refractivity contribution >= 4 is 29.9 Å². The van der Waals surface area contributed by atoms with Gasteiger partial charge in [-0.05, 0) is 41.0 Å². The first-order valence-corrected chi connectivity index (χ1v) is 10.7. The van der Waals surface area contributed by atoms with Crippen LogP contribution in [0.5, 0.6) is 0 Å². The molecule has 31 heavy (non-hydrogen) atoms. The molecule has 1 aromatic heterocycles. The summed E-state index contributed by atoms with van der Waals surface area (Å²) in [5, 5.41) is 7.76. The Kier molecular flexibility index (Phi) is 8.45. The second-order valence-corrected chi connectivity index (χ2v) is 8.02. The predicted molar refractivity (Wildman–Crippen MR) is 137 cm³/mol. The van der Waals surface area contributed by atoms with Crippen molar-refractivity contribution in [2.24, 2.45) is 10.9 Å². The van der Waals surface area contributed by atoms with E-state index in [4.69, 9.17) is 0 Å². The van der Waals surface area contributed by atoms with Crippen molar-refractivity contribution in [2.75, 3.05) is 20.1 Å². The molecule has 0 aliphatic carbocycles. The molecule has 2 aromatic carbocycles. The summed E-state index contributed by atoms with van der Waals surface area (Å²) >= 11 is 0. The Labute approximate surface area is 201 Å². The van der Waals surface area contributed by atoms with Gasteiger partial charge < -0.3 is 10.2 Å². The van der Waals surface area contributed by atoms with E-state index in [0.29, 0.717) is 0 Å². The van der Waals surface area contributed by atoms with Crippen LogP contribution in [0.15, 0.2) is 66.2 Å². The molecule has 0 bridgehead atoms. The molecule has 0 saturated carbocycles. The van der Waals surface area contributed by atoms with Crippen LogP contribution in [0.1, 0.15) is 30.9 Å². The summed E-state index contributed by atoms with van der Waals surface area (Å²) in [7, 11) is 1.88. The topological polar surface area (TPSA) is 58.3 Å². The molecule has 7 heteroatoms. The summed E-state index contributed by atoms with van der Waals surface area (Å²) in [6, 6.07) is 17.3. The number of nitrogens with zero attached hydrogens (tertiary/aromatic N) is 5. The van der Waals surface area contributed by atoms with Crippen molar-refractivity contribution in [2.45, 2.75) is 32.9 Å². The Morgan fingerprint density at radius 2 is 1.84 bits per heavy atom. The highest BCUT2D eigenvalue weighted by atomic mass is 127. The Morgan fingerprint density at radius 3 is 2.52 bits per heavy atom. The van der Waals surface area contributed by atoms with Gasteiger partial charge in [0.15, 0.2) is 5.96 Å². The normalized spacial score (nSPS) is 14.9. The summed E-state index contributed by atoms with van der Waals surface area (Å²) in [5.41, 5.74) is 4.95. The molecule has 6 nitrogen and oxygen atoms in total. The summed E-state index contributed by atoms with van der Waals surface area (Å²) < 4.78 is 1.83. The fourth-order valence-corrected chi connectivity index (χ4v) is 3.97. The quantitative estimate of drug-likeness (QED) is 0.302.